The highest BCUT2D eigenvalue weighted by molar-refractivity contribution is 6.38. The number of rotatable bonds is 3. The van der Waals surface area contributed by atoms with Gasteiger partial charge < -0.3 is 14.9 Å². The fourth-order valence-corrected chi connectivity index (χ4v) is 3.90. The minimum atomic E-state index is -0.428. The number of benzene rings is 2. The summed E-state index contributed by atoms with van der Waals surface area (Å²) < 4.78 is 5.13. The predicted molar refractivity (Wildman–Crippen MR) is 119 cm³/mol. The fourth-order valence-electron chi connectivity index (χ4n) is 3.63. The molecule has 3 heterocycles. The number of hydrogen-bond donors (Lipinski definition) is 2. The summed E-state index contributed by atoms with van der Waals surface area (Å²) in [6.45, 7) is 1.74. The zero-order chi connectivity index (χ0) is 21.5. The van der Waals surface area contributed by atoms with Crippen molar-refractivity contribution in [2.75, 3.05) is 5.32 Å². The third kappa shape index (κ3) is 3.37. The maximum atomic E-state index is 12.6. The molecule has 0 saturated heterocycles. The Bertz CT molecular complexity index is 1340. The molecule has 1 aliphatic heterocycles. The number of aliphatic hydroxyl groups is 1. The molecule has 2 N–H and O–H groups in total. The number of carbonyl (C=O) groups excluding carboxylic acids is 1. The number of nitrogens with one attached hydrogen (secondary N) is 1. The second-order valence-corrected chi connectivity index (χ2v) is 7.61. The number of fused-ring (bicyclic) bond motifs is 1. The molecule has 4 aromatic rings. The number of aryl methyl sites for hydroxylation is 1. The summed E-state index contributed by atoms with van der Waals surface area (Å²) in [7, 11) is 0. The second-order valence-electron chi connectivity index (χ2n) is 7.20. The highest BCUT2D eigenvalue weighted by Gasteiger charge is 2.31. The van der Waals surface area contributed by atoms with Crippen molar-refractivity contribution in [3.05, 3.63) is 89.0 Å². The quantitative estimate of drug-likeness (QED) is 0.320. The summed E-state index contributed by atoms with van der Waals surface area (Å²) in [5.41, 5.74) is 5.56. The maximum Gasteiger partial charge on any atom is 0.260 e. The number of pyridine rings is 1. The van der Waals surface area contributed by atoms with E-state index in [-0.39, 0.29) is 17.1 Å². The molecule has 0 aliphatic carbocycles. The van der Waals surface area contributed by atoms with Crippen LogP contribution in [0.4, 0.5) is 5.69 Å². The number of halogens is 1. The SMILES string of the molecule is Cc1cc(/C(O)=C2\C(=O)Nc3cc(Cl)c(-c4ccc(-c5ccncc5)cc4)cc32)on1. The van der Waals surface area contributed by atoms with Crippen LogP contribution in [-0.2, 0) is 4.79 Å². The third-order valence-electron chi connectivity index (χ3n) is 5.16. The number of aromatic nitrogens is 2. The average molecular weight is 430 g/mol. The Morgan fingerprint density at radius 3 is 2.32 bits per heavy atom. The van der Waals surface area contributed by atoms with Gasteiger partial charge in [0.25, 0.3) is 5.91 Å². The first-order valence-electron chi connectivity index (χ1n) is 9.54. The Labute approximate surface area is 182 Å². The van der Waals surface area contributed by atoms with Gasteiger partial charge in [-0.1, -0.05) is 41.0 Å². The van der Waals surface area contributed by atoms with E-state index in [0.717, 1.165) is 22.3 Å². The van der Waals surface area contributed by atoms with Crippen LogP contribution in [0, 0.1) is 6.92 Å². The van der Waals surface area contributed by atoms with Gasteiger partial charge in [-0.15, -0.1) is 0 Å². The van der Waals surface area contributed by atoms with Gasteiger partial charge in [0, 0.05) is 29.6 Å². The van der Waals surface area contributed by atoms with Gasteiger partial charge >= 0.3 is 0 Å². The molecule has 0 fully saturated rings. The van der Waals surface area contributed by atoms with E-state index in [9.17, 15) is 9.90 Å². The van der Waals surface area contributed by atoms with Crippen molar-refractivity contribution in [1.82, 2.24) is 10.1 Å². The van der Waals surface area contributed by atoms with Crippen molar-refractivity contribution in [2.24, 2.45) is 0 Å². The van der Waals surface area contributed by atoms with Gasteiger partial charge in [-0.05, 0) is 47.9 Å². The minimum Gasteiger partial charge on any atom is -0.504 e. The molecule has 0 saturated carbocycles. The Balaban J connectivity index is 1.59. The molecule has 2 aromatic heterocycles. The van der Waals surface area contributed by atoms with Crippen LogP contribution in [0.15, 0.2) is 71.5 Å². The van der Waals surface area contributed by atoms with Crippen molar-refractivity contribution in [3.63, 3.8) is 0 Å². The lowest BCUT2D eigenvalue weighted by Gasteiger charge is -2.10. The monoisotopic (exact) mass is 429 g/mol. The third-order valence-corrected chi connectivity index (χ3v) is 5.47. The summed E-state index contributed by atoms with van der Waals surface area (Å²) in [4.78, 5) is 16.6. The van der Waals surface area contributed by atoms with Gasteiger partial charge in [0.05, 0.1) is 22.0 Å². The molecule has 1 amide bonds. The largest absolute Gasteiger partial charge is 0.504 e. The van der Waals surface area contributed by atoms with E-state index in [2.05, 4.69) is 15.5 Å². The van der Waals surface area contributed by atoms with Gasteiger partial charge in [-0.3, -0.25) is 9.78 Å². The van der Waals surface area contributed by atoms with Gasteiger partial charge in [-0.25, -0.2) is 0 Å². The van der Waals surface area contributed by atoms with Crippen LogP contribution < -0.4 is 5.32 Å². The highest BCUT2D eigenvalue weighted by Crippen LogP contribution is 2.42. The van der Waals surface area contributed by atoms with E-state index in [1.54, 1.807) is 37.5 Å². The summed E-state index contributed by atoms with van der Waals surface area (Å²) in [5.74, 6) is -0.560. The first kappa shape index (κ1) is 19.1. The van der Waals surface area contributed by atoms with Crippen LogP contribution in [0.25, 0.3) is 33.6 Å². The Kier molecular flexibility index (Phi) is 4.56. The average Bonchev–Trinajstić information content (AvgIpc) is 3.35. The maximum absolute atomic E-state index is 12.6. The molecule has 0 unspecified atom stereocenters. The molecule has 0 bridgehead atoms. The molecule has 0 atom stereocenters. The molecule has 0 radical (unpaired) electrons. The number of carbonyl (C=O) groups is 1. The number of amides is 1. The summed E-state index contributed by atoms with van der Waals surface area (Å²) in [5, 5.41) is 17.7. The zero-order valence-electron chi connectivity index (χ0n) is 16.4. The van der Waals surface area contributed by atoms with Crippen LogP contribution >= 0.6 is 11.6 Å². The van der Waals surface area contributed by atoms with Gasteiger partial charge in [0.15, 0.2) is 5.76 Å². The van der Waals surface area contributed by atoms with Gasteiger partial charge in [0.2, 0.25) is 5.76 Å². The summed E-state index contributed by atoms with van der Waals surface area (Å²) >= 11 is 6.53. The number of anilines is 1. The predicted octanol–water partition coefficient (Wildman–Crippen LogP) is 5.74. The van der Waals surface area contributed by atoms with Crippen LogP contribution in [0.2, 0.25) is 5.02 Å². The molecule has 0 spiro atoms. The Hall–Kier alpha value is -3.90. The van der Waals surface area contributed by atoms with Crippen LogP contribution in [-0.4, -0.2) is 21.2 Å². The van der Waals surface area contributed by atoms with E-state index in [1.165, 1.54) is 0 Å². The van der Waals surface area contributed by atoms with Crippen LogP contribution in [0.5, 0.6) is 0 Å². The molecule has 1 aliphatic rings. The highest BCUT2D eigenvalue weighted by atomic mass is 35.5. The fraction of sp³-hybridized carbons (Fsp3) is 0.0417. The smallest absolute Gasteiger partial charge is 0.260 e. The number of aliphatic hydroxyl groups excluding tert-OH is 1. The van der Waals surface area contributed by atoms with Crippen LogP contribution in [0.1, 0.15) is 17.0 Å². The molecule has 31 heavy (non-hydrogen) atoms. The first-order valence-corrected chi connectivity index (χ1v) is 9.92. The molecular formula is C24H16ClN3O3. The lowest BCUT2D eigenvalue weighted by atomic mass is 9.96. The van der Waals surface area contributed by atoms with Crippen LogP contribution in [0.3, 0.4) is 0 Å². The molecule has 7 heteroatoms. The Morgan fingerprint density at radius 1 is 0.968 bits per heavy atom. The molecule has 2 aromatic carbocycles. The lowest BCUT2D eigenvalue weighted by Crippen LogP contribution is -2.05. The second kappa shape index (κ2) is 7.41. The summed E-state index contributed by atoms with van der Waals surface area (Å²) in [6.07, 6.45) is 3.50. The first-order chi connectivity index (χ1) is 15.0. The molecule has 5 rings (SSSR count). The van der Waals surface area contributed by atoms with Crippen molar-refractivity contribution in [2.45, 2.75) is 6.92 Å². The van der Waals surface area contributed by atoms with E-state index in [0.29, 0.717) is 22.0 Å². The molecule has 152 valence electrons. The van der Waals surface area contributed by atoms with Crippen molar-refractivity contribution < 1.29 is 14.4 Å². The summed E-state index contributed by atoms with van der Waals surface area (Å²) in [6, 6.07) is 16.9. The molecule has 6 nitrogen and oxygen atoms in total. The van der Waals surface area contributed by atoms with Crippen molar-refractivity contribution >= 4 is 34.5 Å². The zero-order valence-corrected chi connectivity index (χ0v) is 17.1. The van der Waals surface area contributed by atoms with E-state index < -0.39 is 5.91 Å². The van der Waals surface area contributed by atoms with E-state index in [4.69, 9.17) is 16.1 Å². The topological polar surface area (TPSA) is 88.2 Å². The van der Waals surface area contributed by atoms with E-state index >= 15 is 0 Å². The standard InChI is InChI=1S/C24H16ClN3O3/c1-13-10-21(31-28-13)23(29)22-18-11-17(19(25)12-20(18)27-24(22)30)16-4-2-14(3-5-16)15-6-8-26-9-7-15/h2-12,29H,1H3,(H,27,30)/b23-22+. The van der Waals surface area contributed by atoms with E-state index in [1.807, 2.05) is 36.4 Å². The van der Waals surface area contributed by atoms with Gasteiger partial charge in [0.1, 0.15) is 0 Å². The number of nitrogens with zero attached hydrogens (tertiary/aromatic N) is 2. The normalized spacial score (nSPS) is 14.3. The van der Waals surface area contributed by atoms with Crippen molar-refractivity contribution in [3.8, 4) is 22.3 Å². The van der Waals surface area contributed by atoms with Crippen molar-refractivity contribution in [1.29, 1.82) is 0 Å². The lowest BCUT2D eigenvalue weighted by molar-refractivity contribution is -0.110. The molecular weight excluding hydrogens is 414 g/mol. The van der Waals surface area contributed by atoms with Gasteiger partial charge in [-0.2, -0.15) is 0 Å². The minimum absolute atomic E-state index is 0.123. The Morgan fingerprint density at radius 2 is 1.65 bits per heavy atom. The number of hydrogen-bond acceptors (Lipinski definition) is 5.